The van der Waals surface area contributed by atoms with E-state index >= 15 is 0 Å². The molecule has 43 heavy (non-hydrogen) atoms. The Morgan fingerprint density at radius 2 is 1.72 bits per heavy atom. The molecule has 1 aliphatic carbocycles. The number of hydrogen-bond donors (Lipinski definition) is 0. The number of nitrogens with zero attached hydrogens (tertiary/aromatic N) is 6. The number of aromatic nitrogens is 3. The van der Waals surface area contributed by atoms with E-state index in [2.05, 4.69) is 4.90 Å². The van der Waals surface area contributed by atoms with E-state index in [-0.39, 0.29) is 17.0 Å². The summed E-state index contributed by atoms with van der Waals surface area (Å²) in [5.74, 6) is -1.06. The van der Waals surface area contributed by atoms with Crippen LogP contribution >= 0.6 is 0 Å². The summed E-state index contributed by atoms with van der Waals surface area (Å²) in [5.41, 5.74) is 2.59. The van der Waals surface area contributed by atoms with Crippen LogP contribution in [0.2, 0.25) is 0 Å². The van der Waals surface area contributed by atoms with Crippen molar-refractivity contribution >= 4 is 29.2 Å². The molecular weight excluding hydrogens is 554 g/mol. The molecule has 0 atom stereocenters. The Hall–Kier alpha value is -4.15. The van der Waals surface area contributed by atoms with Crippen LogP contribution in [0.5, 0.6) is 0 Å². The van der Waals surface area contributed by atoms with Gasteiger partial charge in [0.2, 0.25) is 0 Å². The zero-order valence-corrected chi connectivity index (χ0v) is 25.2. The SMILES string of the molecule is COC(=O)c1c(C)cc(N2CCN(C(=O)c3cnc4c(n3)C3(CCCC3)CN4c3ccc(F)c(F)c3)C(C)(C)C2)nc1C. The van der Waals surface area contributed by atoms with E-state index < -0.39 is 23.1 Å². The molecule has 1 saturated heterocycles. The summed E-state index contributed by atoms with van der Waals surface area (Å²) < 4.78 is 32.8. The number of fused-ring (bicyclic) bond motifs is 2. The molecule has 1 aromatic carbocycles. The van der Waals surface area contributed by atoms with Crippen molar-refractivity contribution in [3.63, 3.8) is 0 Å². The first kappa shape index (κ1) is 28.9. The first-order valence-electron chi connectivity index (χ1n) is 14.7. The third-order valence-corrected chi connectivity index (χ3v) is 9.21. The molecule has 0 bridgehead atoms. The largest absolute Gasteiger partial charge is 0.465 e. The van der Waals surface area contributed by atoms with Crippen molar-refractivity contribution in [3.8, 4) is 0 Å². The smallest absolute Gasteiger partial charge is 0.339 e. The van der Waals surface area contributed by atoms with Crippen LogP contribution < -0.4 is 9.80 Å². The summed E-state index contributed by atoms with van der Waals surface area (Å²) in [6.45, 7) is 9.81. The van der Waals surface area contributed by atoms with Crippen LogP contribution in [-0.2, 0) is 10.2 Å². The number of rotatable bonds is 4. The second-order valence-corrected chi connectivity index (χ2v) is 12.5. The number of pyridine rings is 1. The van der Waals surface area contributed by atoms with Crippen LogP contribution in [0.25, 0.3) is 0 Å². The standard InChI is InChI=1S/C32H36F2N6O3/c1-19-14-25(36-20(2)26(19)30(42)43-5)38-12-13-40(31(3,4)17-38)29(41)24-16-35-28-27(37-24)32(10-6-7-11-32)18-39(28)21-8-9-22(33)23(34)15-21/h8-9,14-16H,6-7,10-13,17-18H2,1-5H3. The van der Waals surface area contributed by atoms with Crippen LogP contribution in [0.1, 0.15) is 77.3 Å². The van der Waals surface area contributed by atoms with Crippen LogP contribution in [0.4, 0.5) is 26.1 Å². The molecule has 3 aliphatic rings. The van der Waals surface area contributed by atoms with Gasteiger partial charge in [0.05, 0.1) is 35.8 Å². The molecule has 1 saturated carbocycles. The van der Waals surface area contributed by atoms with Crippen molar-refractivity contribution in [2.75, 3.05) is 43.1 Å². The Labute approximate surface area is 249 Å². The van der Waals surface area contributed by atoms with Crippen molar-refractivity contribution < 1.29 is 23.1 Å². The molecule has 2 fully saturated rings. The number of carbonyl (C=O) groups is 2. The van der Waals surface area contributed by atoms with Gasteiger partial charge in [0, 0.05) is 43.3 Å². The minimum atomic E-state index is -0.910. The number of esters is 1. The second-order valence-electron chi connectivity index (χ2n) is 12.5. The highest BCUT2D eigenvalue weighted by Crippen LogP contribution is 2.51. The third kappa shape index (κ3) is 4.88. The lowest BCUT2D eigenvalue weighted by atomic mass is 9.84. The quantitative estimate of drug-likeness (QED) is 0.380. The number of hydrogen-bond acceptors (Lipinski definition) is 8. The third-order valence-electron chi connectivity index (χ3n) is 9.21. The van der Waals surface area contributed by atoms with Gasteiger partial charge in [0.25, 0.3) is 5.91 Å². The van der Waals surface area contributed by atoms with Crippen molar-refractivity contribution in [3.05, 3.63) is 70.3 Å². The van der Waals surface area contributed by atoms with Crippen molar-refractivity contribution in [2.45, 2.75) is 64.3 Å². The number of halogens is 2. The number of anilines is 3. The molecule has 1 amide bonds. The topological polar surface area (TPSA) is 91.8 Å². The number of piperazine rings is 1. The normalized spacial score (nSPS) is 18.7. The maximum atomic E-state index is 14.2. The molecule has 2 aliphatic heterocycles. The number of carbonyl (C=O) groups excluding carboxylic acids is 2. The lowest BCUT2D eigenvalue weighted by Crippen LogP contribution is -2.61. The van der Waals surface area contributed by atoms with Gasteiger partial charge in [0.15, 0.2) is 17.5 Å². The van der Waals surface area contributed by atoms with Gasteiger partial charge in [-0.25, -0.2) is 28.5 Å². The van der Waals surface area contributed by atoms with Crippen molar-refractivity contribution in [2.24, 2.45) is 0 Å². The van der Waals surface area contributed by atoms with Crippen molar-refractivity contribution in [1.82, 2.24) is 19.9 Å². The lowest BCUT2D eigenvalue weighted by Gasteiger charge is -2.47. The number of methoxy groups -OCH3 is 1. The molecule has 0 N–H and O–H groups in total. The van der Waals surface area contributed by atoms with Gasteiger partial charge in [-0.15, -0.1) is 0 Å². The Morgan fingerprint density at radius 1 is 0.977 bits per heavy atom. The highest BCUT2D eigenvalue weighted by Gasteiger charge is 2.48. The summed E-state index contributed by atoms with van der Waals surface area (Å²) in [6, 6.07) is 5.76. The fourth-order valence-electron chi connectivity index (χ4n) is 7.05. The molecule has 1 spiro atoms. The summed E-state index contributed by atoms with van der Waals surface area (Å²) in [6.07, 6.45) is 5.37. The highest BCUT2D eigenvalue weighted by molar-refractivity contribution is 5.94. The maximum Gasteiger partial charge on any atom is 0.339 e. The van der Waals surface area contributed by atoms with Gasteiger partial charge >= 0.3 is 5.97 Å². The van der Waals surface area contributed by atoms with Gasteiger partial charge in [-0.2, -0.15) is 0 Å². The Morgan fingerprint density at radius 3 is 2.37 bits per heavy atom. The van der Waals surface area contributed by atoms with E-state index in [9.17, 15) is 18.4 Å². The van der Waals surface area contributed by atoms with E-state index in [4.69, 9.17) is 19.7 Å². The van der Waals surface area contributed by atoms with Crippen LogP contribution in [0.15, 0.2) is 30.5 Å². The molecule has 6 rings (SSSR count). The van der Waals surface area contributed by atoms with E-state index in [1.54, 1.807) is 13.0 Å². The summed E-state index contributed by atoms with van der Waals surface area (Å²) in [4.78, 5) is 46.4. The minimum absolute atomic E-state index is 0.194. The van der Waals surface area contributed by atoms with Crippen LogP contribution in [-0.4, -0.2) is 70.6 Å². The van der Waals surface area contributed by atoms with E-state index in [1.165, 1.54) is 19.4 Å². The number of ether oxygens (including phenoxy) is 1. The summed E-state index contributed by atoms with van der Waals surface area (Å²) in [5, 5.41) is 0. The van der Waals surface area contributed by atoms with E-state index in [0.29, 0.717) is 48.9 Å². The average molecular weight is 591 g/mol. The zero-order chi connectivity index (χ0) is 30.7. The molecular formula is C32H36F2N6O3. The molecule has 11 heteroatoms. The zero-order valence-electron chi connectivity index (χ0n) is 25.2. The fourth-order valence-corrected chi connectivity index (χ4v) is 7.05. The van der Waals surface area contributed by atoms with Gasteiger partial charge in [0.1, 0.15) is 11.5 Å². The molecule has 3 aromatic rings. The Balaban J connectivity index is 1.27. The van der Waals surface area contributed by atoms with E-state index in [1.807, 2.05) is 36.6 Å². The highest BCUT2D eigenvalue weighted by atomic mass is 19.2. The molecule has 226 valence electrons. The van der Waals surface area contributed by atoms with Crippen LogP contribution in [0, 0.1) is 25.5 Å². The maximum absolute atomic E-state index is 14.2. The van der Waals surface area contributed by atoms with Gasteiger partial charge in [-0.05, 0) is 64.3 Å². The lowest BCUT2D eigenvalue weighted by molar-refractivity contribution is 0.0505. The Kier molecular flexibility index (Phi) is 7.09. The molecule has 0 radical (unpaired) electrons. The van der Waals surface area contributed by atoms with Crippen LogP contribution in [0.3, 0.4) is 0 Å². The summed E-state index contributed by atoms with van der Waals surface area (Å²) in [7, 11) is 1.36. The molecule has 4 heterocycles. The van der Waals surface area contributed by atoms with Crippen molar-refractivity contribution in [1.29, 1.82) is 0 Å². The first-order valence-corrected chi connectivity index (χ1v) is 14.7. The monoisotopic (exact) mass is 590 g/mol. The van der Waals surface area contributed by atoms with Gasteiger partial charge in [-0.1, -0.05) is 12.8 Å². The van der Waals surface area contributed by atoms with E-state index in [0.717, 1.165) is 48.8 Å². The first-order chi connectivity index (χ1) is 20.4. The molecule has 0 unspecified atom stereocenters. The predicted molar refractivity (Wildman–Crippen MR) is 158 cm³/mol. The van der Waals surface area contributed by atoms with Gasteiger partial charge < -0.3 is 19.4 Å². The number of aryl methyl sites for hydroxylation is 2. The number of amides is 1. The average Bonchev–Trinajstić information content (AvgIpc) is 3.58. The Bertz CT molecular complexity index is 1600. The fraction of sp³-hybridized carbons (Fsp3) is 0.469. The van der Waals surface area contributed by atoms with Gasteiger partial charge in [-0.3, -0.25) is 4.79 Å². The molecule has 9 nitrogen and oxygen atoms in total. The number of benzene rings is 1. The molecule has 2 aromatic heterocycles. The summed E-state index contributed by atoms with van der Waals surface area (Å²) >= 11 is 0. The predicted octanol–water partition coefficient (Wildman–Crippen LogP) is 5.26. The second kappa shape index (κ2) is 10.5. The minimum Gasteiger partial charge on any atom is -0.465 e.